The van der Waals surface area contributed by atoms with Crippen molar-refractivity contribution in [1.29, 1.82) is 0 Å². The number of hydrogen-bond donors (Lipinski definition) is 2. The smallest absolute Gasteiger partial charge is 0.507 e. The van der Waals surface area contributed by atoms with E-state index in [1.165, 1.54) is 72.2 Å². The van der Waals surface area contributed by atoms with E-state index in [1.807, 2.05) is 0 Å². The Labute approximate surface area is 257 Å². The molecule has 0 amide bonds. The van der Waals surface area contributed by atoms with Gasteiger partial charge in [-0.3, -0.25) is 0 Å². The molecule has 4 rings (SSSR count). The fourth-order valence-corrected chi connectivity index (χ4v) is 3.40. The Bertz CT molecular complexity index is 1120. The fraction of sp³-hybridized carbons (Fsp3) is 0.312. The Balaban J connectivity index is 0.000000518. The van der Waals surface area contributed by atoms with Crippen LogP contribution in [0.5, 0.6) is 11.5 Å². The monoisotopic (exact) mass is 656 g/mol. The van der Waals surface area contributed by atoms with E-state index in [0.29, 0.717) is 0 Å². The summed E-state index contributed by atoms with van der Waals surface area (Å²) in [5, 5.41) is 17.5. The summed E-state index contributed by atoms with van der Waals surface area (Å²) in [7, 11) is 0. The molecule has 0 fully saturated rings. The molecule has 0 atom stereocenters. The summed E-state index contributed by atoms with van der Waals surface area (Å²) in [5.74, 6) is -1.47. The molecule has 4 aromatic rings. The van der Waals surface area contributed by atoms with Crippen LogP contribution in [0, 0.1) is 0 Å². The molecule has 9 heteroatoms. The Morgan fingerprint density at radius 1 is 0.561 bits per heavy atom. The number of halogens is 6. The van der Waals surface area contributed by atoms with Crippen molar-refractivity contribution >= 4 is 0 Å². The maximum absolute atomic E-state index is 11.9. The summed E-state index contributed by atoms with van der Waals surface area (Å²) in [6.07, 6.45) is -4.27. The van der Waals surface area contributed by atoms with Crippen LogP contribution in [-0.4, -0.2) is 10.2 Å². The maximum Gasteiger partial charge on any atom is 2.00 e. The van der Waals surface area contributed by atoms with E-state index >= 15 is 0 Å². The molecule has 2 nitrogen and oxygen atoms in total. The molecule has 0 bridgehead atoms. The molecule has 0 aliphatic heterocycles. The number of aryl methyl sites for hydroxylation is 4. The summed E-state index contributed by atoms with van der Waals surface area (Å²) in [5.41, 5.74) is 3.86. The van der Waals surface area contributed by atoms with Crippen LogP contribution in [0.3, 0.4) is 0 Å². The van der Waals surface area contributed by atoms with E-state index in [1.54, 1.807) is 0 Å². The van der Waals surface area contributed by atoms with Gasteiger partial charge in [-0.1, -0.05) is 77.6 Å². The standard InChI is InChI=1S/2C9H13.2C7H5F3O.Zr/c2*1-3-8-5-6-9(4-2)7-8;2*8-7(9,10)5-3-1-2-4-6(5)11;/h2*5-7H,3-4H2,1-2H3;2*1-4,11H;/q2*-1;;;+2. The number of alkyl halides is 6. The largest absolute Gasteiger partial charge is 2.00 e. The molecule has 0 aliphatic carbocycles. The second kappa shape index (κ2) is 18.6. The van der Waals surface area contributed by atoms with Gasteiger partial charge < -0.3 is 10.2 Å². The van der Waals surface area contributed by atoms with Crippen molar-refractivity contribution in [3.63, 3.8) is 0 Å². The number of phenolic OH excluding ortho intramolecular Hbond substituents is 2. The summed E-state index contributed by atoms with van der Waals surface area (Å²) in [4.78, 5) is 0. The van der Waals surface area contributed by atoms with Crippen LogP contribution >= 0.6 is 0 Å². The molecular formula is C32H36F6O2Zr. The van der Waals surface area contributed by atoms with Crippen LogP contribution in [-0.2, 0) is 64.2 Å². The average Bonchev–Trinajstić information content (AvgIpc) is 3.58. The van der Waals surface area contributed by atoms with Crippen LogP contribution in [0.25, 0.3) is 0 Å². The topological polar surface area (TPSA) is 40.5 Å². The number of phenols is 2. The summed E-state index contributed by atoms with van der Waals surface area (Å²) in [6, 6.07) is 22.2. The number of rotatable bonds is 4. The second-order valence-corrected chi connectivity index (χ2v) is 8.70. The predicted molar refractivity (Wildman–Crippen MR) is 148 cm³/mol. The van der Waals surface area contributed by atoms with Crippen molar-refractivity contribution in [2.75, 3.05) is 0 Å². The Morgan fingerprint density at radius 2 is 0.878 bits per heavy atom. The zero-order valence-electron chi connectivity index (χ0n) is 23.6. The number of para-hydroxylation sites is 2. The van der Waals surface area contributed by atoms with E-state index in [-0.39, 0.29) is 26.2 Å². The molecule has 0 saturated carbocycles. The molecule has 4 aromatic carbocycles. The van der Waals surface area contributed by atoms with Gasteiger partial charge in [-0.25, -0.2) is 12.1 Å². The number of hydrogen-bond acceptors (Lipinski definition) is 2. The maximum atomic E-state index is 11.9. The van der Waals surface area contributed by atoms with Gasteiger partial charge in [-0.15, -0.1) is 0 Å². The zero-order chi connectivity index (χ0) is 30.3. The molecule has 222 valence electrons. The molecule has 0 heterocycles. The van der Waals surface area contributed by atoms with Crippen LogP contribution in [0.1, 0.15) is 61.1 Å². The normalized spacial score (nSPS) is 10.6. The zero-order valence-corrected chi connectivity index (χ0v) is 26.0. The quantitative estimate of drug-likeness (QED) is 0.169. The van der Waals surface area contributed by atoms with E-state index in [2.05, 4.69) is 64.1 Å². The first-order valence-corrected chi connectivity index (χ1v) is 13.0. The fourth-order valence-electron chi connectivity index (χ4n) is 3.40. The Hall–Kier alpha value is -2.80. The molecule has 0 saturated heterocycles. The molecule has 0 aliphatic rings. The van der Waals surface area contributed by atoms with Crippen LogP contribution in [0.2, 0.25) is 0 Å². The molecule has 0 aromatic heterocycles. The van der Waals surface area contributed by atoms with E-state index in [4.69, 9.17) is 10.2 Å². The summed E-state index contributed by atoms with van der Waals surface area (Å²) in [6.45, 7) is 8.76. The van der Waals surface area contributed by atoms with Crippen LogP contribution in [0.15, 0.2) is 84.9 Å². The van der Waals surface area contributed by atoms with Crippen LogP contribution < -0.4 is 0 Å². The van der Waals surface area contributed by atoms with Crippen molar-refractivity contribution in [2.24, 2.45) is 0 Å². The predicted octanol–water partition coefficient (Wildman–Crippen LogP) is 9.88. The third-order valence-corrected chi connectivity index (χ3v) is 5.82. The van der Waals surface area contributed by atoms with Gasteiger partial charge in [-0.05, 0) is 24.3 Å². The van der Waals surface area contributed by atoms with Gasteiger partial charge in [0.05, 0.1) is 11.1 Å². The third-order valence-electron chi connectivity index (χ3n) is 5.82. The second-order valence-electron chi connectivity index (χ2n) is 8.70. The van der Waals surface area contributed by atoms with E-state index in [9.17, 15) is 26.3 Å². The van der Waals surface area contributed by atoms with Crippen LogP contribution in [0.4, 0.5) is 26.3 Å². The van der Waals surface area contributed by atoms with Gasteiger partial charge in [0.1, 0.15) is 11.5 Å². The first kappa shape index (κ1) is 38.2. The van der Waals surface area contributed by atoms with E-state index in [0.717, 1.165) is 24.3 Å². The Morgan fingerprint density at radius 3 is 1.05 bits per heavy atom. The van der Waals surface area contributed by atoms with Crippen molar-refractivity contribution in [2.45, 2.75) is 65.7 Å². The molecular weight excluding hydrogens is 622 g/mol. The van der Waals surface area contributed by atoms with Gasteiger partial charge in [0.25, 0.3) is 0 Å². The van der Waals surface area contributed by atoms with Crippen molar-refractivity contribution in [1.82, 2.24) is 0 Å². The minimum atomic E-state index is -4.47. The average molecular weight is 658 g/mol. The first-order chi connectivity index (χ1) is 18.8. The van der Waals surface area contributed by atoms with E-state index < -0.39 is 35.0 Å². The van der Waals surface area contributed by atoms with Gasteiger partial charge in [0, 0.05) is 0 Å². The molecule has 0 spiro atoms. The molecule has 0 unspecified atom stereocenters. The summed E-state index contributed by atoms with van der Waals surface area (Å²) >= 11 is 0. The Kier molecular flexibility index (Phi) is 17.3. The SMILES string of the molecule is CCc1cc[c-](CC)c1.CCc1cc[c-](CC)c1.Oc1ccccc1C(F)(F)F.Oc1ccccc1C(F)(F)F.[Zr+2]. The molecule has 0 radical (unpaired) electrons. The van der Waals surface area contributed by atoms with Gasteiger partial charge in [-0.2, -0.15) is 72.9 Å². The molecule has 2 N–H and O–H groups in total. The van der Waals surface area contributed by atoms with Gasteiger partial charge in [0.2, 0.25) is 0 Å². The van der Waals surface area contributed by atoms with Gasteiger partial charge >= 0.3 is 38.6 Å². The number of aromatic hydroxyl groups is 2. The van der Waals surface area contributed by atoms with Crippen molar-refractivity contribution in [3.8, 4) is 11.5 Å². The third kappa shape index (κ3) is 14.1. The first-order valence-electron chi connectivity index (χ1n) is 13.0. The van der Waals surface area contributed by atoms with Crippen molar-refractivity contribution < 1.29 is 62.8 Å². The number of benzene rings is 2. The molecule has 41 heavy (non-hydrogen) atoms. The minimum absolute atomic E-state index is 0. The minimum Gasteiger partial charge on any atom is -0.507 e. The van der Waals surface area contributed by atoms with Crippen molar-refractivity contribution in [3.05, 3.63) is 118 Å². The summed E-state index contributed by atoms with van der Waals surface area (Å²) < 4.78 is 71.3. The van der Waals surface area contributed by atoms with Gasteiger partial charge in [0.15, 0.2) is 0 Å².